The van der Waals surface area contributed by atoms with Gasteiger partial charge in [-0.2, -0.15) is 0 Å². The maximum atomic E-state index is 6.05. The normalized spacial score (nSPS) is 45.3. The fourth-order valence-corrected chi connectivity index (χ4v) is 3.45. The summed E-state index contributed by atoms with van der Waals surface area (Å²) in [5, 5.41) is 2.44. The zero-order chi connectivity index (χ0) is 16.2. The molecule has 0 aromatic heterocycles. The SMILES string of the molecule is C=C[C@]1(N=C=S)[C@@H]([C@H]2COC(C)(C)O2)O[C@@H]2OC(C)(C)O[C@@H]21. The van der Waals surface area contributed by atoms with Crippen molar-refractivity contribution in [1.82, 2.24) is 0 Å². The number of fused-ring (bicyclic) bond motifs is 1. The Bertz CT molecular complexity index is 530. The van der Waals surface area contributed by atoms with Gasteiger partial charge in [-0.05, 0) is 39.9 Å². The standard InChI is InChI=1S/C15H21NO5S/c1-6-15(16-8-22)10(9-7-17-13(2,3)19-9)18-12-11(15)20-14(4,5)21-12/h6,9-12H,1,7H2,2-5H3/t9-,10-,11+,12-,15+/m1/s1. The van der Waals surface area contributed by atoms with Gasteiger partial charge in [0.1, 0.15) is 23.9 Å². The van der Waals surface area contributed by atoms with E-state index in [2.05, 4.69) is 16.7 Å². The molecule has 6 nitrogen and oxygen atoms in total. The average molecular weight is 327 g/mol. The summed E-state index contributed by atoms with van der Waals surface area (Å²) >= 11 is 4.83. The first-order chi connectivity index (χ1) is 10.2. The molecule has 0 aliphatic carbocycles. The molecule has 0 N–H and O–H groups in total. The molecule has 0 spiro atoms. The molecule has 0 aromatic rings. The van der Waals surface area contributed by atoms with Gasteiger partial charge in [0.25, 0.3) is 0 Å². The van der Waals surface area contributed by atoms with Gasteiger partial charge in [-0.25, -0.2) is 4.99 Å². The second kappa shape index (κ2) is 5.18. The van der Waals surface area contributed by atoms with Gasteiger partial charge in [0.2, 0.25) is 0 Å². The molecular weight excluding hydrogens is 306 g/mol. The molecule has 122 valence electrons. The largest absolute Gasteiger partial charge is 0.348 e. The van der Waals surface area contributed by atoms with Crippen molar-refractivity contribution in [2.24, 2.45) is 4.99 Å². The molecule has 0 aromatic carbocycles. The lowest BCUT2D eigenvalue weighted by Crippen LogP contribution is -2.51. The van der Waals surface area contributed by atoms with Gasteiger partial charge in [0.05, 0.1) is 11.8 Å². The Morgan fingerprint density at radius 3 is 2.41 bits per heavy atom. The van der Waals surface area contributed by atoms with Gasteiger partial charge in [-0.1, -0.05) is 6.08 Å². The summed E-state index contributed by atoms with van der Waals surface area (Å²) in [6.07, 6.45) is -0.110. The number of isothiocyanates is 1. The third kappa shape index (κ3) is 2.47. The fourth-order valence-electron chi connectivity index (χ4n) is 3.29. The van der Waals surface area contributed by atoms with Gasteiger partial charge in [-0.15, -0.1) is 6.58 Å². The third-order valence-corrected chi connectivity index (χ3v) is 4.28. The first kappa shape index (κ1) is 16.2. The molecule has 0 unspecified atom stereocenters. The van der Waals surface area contributed by atoms with E-state index >= 15 is 0 Å². The van der Waals surface area contributed by atoms with Crippen molar-refractivity contribution >= 4 is 17.4 Å². The zero-order valence-corrected chi connectivity index (χ0v) is 14.0. The van der Waals surface area contributed by atoms with Crippen molar-refractivity contribution in [3.05, 3.63) is 12.7 Å². The van der Waals surface area contributed by atoms with E-state index in [1.54, 1.807) is 6.08 Å². The van der Waals surface area contributed by atoms with E-state index in [0.29, 0.717) is 6.61 Å². The number of rotatable bonds is 3. The monoisotopic (exact) mass is 327 g/mol. The highest BCUT2D eigenvalue weighted by Gasteiger charge is 2.65. The second-order valence-electron chi connectivity index (χ2n) is 6.64. The summed E-state index contributed by atoms with van der Waals surface area (Å²) in [5.41, 5.74) is -0.908. The van der Waals surface area contributed by atoms with Crippen molar-refractivity contribution in [2.45, 2.75) is 69.4 Å². The van der Waals surface area contributed by atoms with Crippen LogP contribution in [0.2, 0.25) is 0 Å². The second-order valence-corrected chi connectivity index (χ2v) is 6.83. The topological polar surface area (TPSA) is 58.5 Å². The summed E-state index contributed by atoms with van der Waals surface area (Å²) < 4.78 is 29.4. The molecule has 3 rings (SSSR count). The Morgan fingerprint density at radius 1 is 1.14 bits per heavy atom. The molecule has 7 heteroatoms. The van der Waals surface area contributed by atoms with Crippen molar-refractivity contribution in [3.63, 3.8) is 0 Å². The maximum absolute atomic E-state index is 6.05. The molecular formula is C15H21NO5S. The molecule has 3 fully saturated rings. The molecule has 3 aliphatic rings. The van der Waals surface area contributed by atoms with Crippen LogP contribution in [0.25, 0.3) is 0 Å². The smallest absolute Gasteiger partial charge is 0.190 e. The Balaban J connectivity index is 1.94. The number of thiocarbonyl (C=S) groups is 1. The Kier molecular flexibility index (Phi) is 3.81. The van der Waals surface area contributed by atoms with Crippen LogP contribution >= 0.6 is 12.2 Å². The van der Waals surface area contributed by atoms with Crippen LogP contribution in [0, 0.1) is 0 Å². The number of aliphatic imine (C=N–C) groups is 1. The van der Waals surface area contributed by atoms with E-state index in [4.69, 9.17) is 35.9 Å². The van der Waals surface area contributed by atoms with Gasteiger partial charge < -0.3 is 23.7 Å². The number of ether oxygens (including phenoxy) is 5. The Morgan fingerprint density at radius 2 is 1.86 bits per heavy atom. The summed E-state index contributed by atoms with van der Waals surface area (Å²) in [6, 6.07) is 0. The molecule has 0 bridgehead atoms. The lowest BCUT2D eigenvalue weighted by atomic mass is 9.86. The van der Waals surface area contributed by atoms with Crippen molar-refractivity contribution in [3.8, 4) is 0 Å². The fraction of sp³-hybridized carbons (Fsp3) is 0.800. The van der Waals surface area contributed by atoms with Crippen LogP contribution in [0.5, 0.6) is 0 Å². The van der Waals surface area contributed by atoms with E-state index in [-0.39, 0.29) is 6.10 Å². The maximum Gasteiger partial charge on any atom is 0.190 e. The van der Waals surface area contributed by atoms with Crippen LogP contribution in [-0.2, 0) is 23.7 Å². The average Bonchev–Trinajstić information content (AvgIpc) is 3.00. The van der Waals surface area contributed by atoms with Gasteiger partial charge in [-0.3, -0.25) is 0 Å². The number of nitrogens with zero attached hydrogens (tertiary/aromatic N) is 1. The van der Waals surface area contributed by atoms with Gasteiger partial charge >= 0.3 is 0 Å². The number of hydrogen-bond acceptors (Lipinski definition) is 7. The number of hydrogen-bond donors (Lipinski definition) is 0. The molecule has 0 radical (unpaired) electrons. The highest BCUT2D eigenvalue weighted by molar-refractivity contribution is 7.78. The predicted octanol–water partition coefficient (Wildman–Crippen LogP) is 2.04. The van der Waals surface area contributed by atoms with E-state index in [1.807, 2.05) is 27.7 Å². The first-order valence-corrected chi connectivity index (χ1v) is 7.69. The van der Waals surface area contributed by atoms with Crippen LogP contribution < -0.4 is 0 Å². The minimum atomic E-state index is -0.908. The quantitative estimate of drug-likeness (QED) is 0.449. The molecule has 5 atom stereocenters. The van der Waals surface area contributed by atoms with Gasteiger partial charge in [0, 0.05) is 0 Å². The van der Waals surface area contributed by atoms with Crippen LogP contribution in [0.4, 0.5) is 0 Å². The zero-order valence-electron chi connectivity index (χ0n) is 13.2. The summed E-state index contributed by atoms with van der Waals surface area (Å²) in [5.74, 6) is -1.42. The summed E-state index contributed by atoms with van der Waals surface area (Å²) in [6.45, 7) is 11.7. The van der Waals surface area contributed by atoms with E-state index in [9.17, 15) is 0 Å². The predicted molar refractivity (Wildman–Crippen MR) is 81.6 cm³/mol. The molecule has 0 saturated carbocycles. The van der Waals surface area contributed by atoms with Crippen LogP contribution in [-0.4, -0.2) is 53.5 Å². The van der Waals surface area contributed by atoms with Crippen molar-refractivity contribution in [2.75, 3.05) is 6.61 Å². The van der Waals surface area contributed by atoms with Gasteiger partial charge in [0.15, 0.2) is 17.9 Å². The lowest BCUT2D eigenvalue weighted by molar-refractivity contribution is -0.226. The molecule has 22 heavy (non-hydrogen) atoms. The Hall–Kier alpha value is -0.660. The molecule has 0 amide bonds. The van der Waals surface area contributed by atoms with Crippen LogP contribution in [0.1, 0.15) is 27.7 Å². The highest BCUT2D eigenvalue weighted by Crippen LogP contribution is 2.48. The minimum absolute atomic E-state index is 0.319. The lowest BCUT2D eigenvalue weighted by Gasteiger charge is -2.33. The van der Waals surface area contributed by atoms with Crippen molar-refractivity contribution in [1.29, 1.82) is 0 Å². The molecule has 3 heterocycles. The molecule has 3 saturated heterocycles. The minimum Gasteiger partial charge on any atom is -0.348 e. The van der Waals surface area contributed by atoms with Crippen LogP contribution in [0.3, 0.4) is 0 Å². The highest BCUT2D eigenvalue weighted by atomic mass is 32.1. The van der Waals surface area contributed by atoms with E-state index in [0.717, 1.165) is 0 Å². The molecule has 3 aliphatic heterocycles. The summed E-state index contributed by atoms with van der Waals surface area (Å²) in [7, 11) is 0. The van der Waals surface area contributed by atoms with Crippen LogP contribution in [0.15, 0.2) is 17.6 Å². The van der Waals surface area contributed by atoms with E-state index in [1.165, 1.54) is 0 Å². The Labute approximate surface area is 135 Å². The third-order valence-electron chi connectivity index (χ3n) is 4.18. The first-order valence-electron chi connectivity index (χ1n) is 7.28. The summed E-state index contributed by atoms with van der Waals surface area (Å²) in [4.78, 5) is 4.34. The van der Waals surface area contributed by atoms with Crippen molar-refractivity contribution < 1.29 is 23.7 Å². The van der Waals surface area contributed by atoms with E-state index < -0.39 is 35.6 Å².